The Morgan fingerprint density at radius 2 is 1.79 bits per heavy atom. The van der Waals surface area contributed by atoms with Crippen molar-refractivity contribution in [2.75, 3.05) is 0 Å². The Morgan fingerprint density at radius 1 is 1.04 bits per heavy atom. The summed E-state index contributed by atoms with van der Waals surface area (Å²) in [5.41, 5.74) is 2.96. The minimum Gasteiger partial charge on any atom is -0.347 e. The Hall–Kier alpha value is -2.06. The van der Waals surface area contributed by atoms with Gasteiger partial charge in [0, 0.05) is 40.7 Å². The molecule has 2 nitrogen and oxygen atoms in total. The number of aryl methyl sites for hydroxylation is 1. The van der Waals surface area contributed by atoms with E-state index in [1.807, 2.05) is 48.7 Å². The van der Waals surface area contributed by atoms with Crippen LogP contribution in [0.15, 0.2) is 54.7 Å². The van der Waals surface area contributed by atoms with Gasteiger partial charge in [-0.05, 0) is 30.2 Å². The molecule has 0 saturated carbocycles. The number of unbranched alkanes of at least 4 members (excludes halogenated alkanes) is 2. The van der Waals surface area contributed by atoms with Gasteiger partial charge in [-0.1, -0.05) is 61.7 Å². The first-order chi connectivity index (χ1) is 11.7. The topological polar surface area (TPSA) is 22.0 Å². The van der Waals surface area contributed by atoms with Gasteiger partial charge in [-0.3, -0.25) is 4.79 Å². The molecule has 24 heavy (non-hydrogen) atoms. The number of carbonyl (C=O) groups is 1. The number of hydrogen-bond donors (Lipinski definition) is 0. The molecule has 0 aliphatic heterocycles. The minimum absolute atomic E-state index is 0.155. The van der Waals surface area contributed by atoms with Crippen molar-refractivity contribution >= 4 is 28.3 Å². The normalized spacial score (nSPS) is 11.1. The van der Waals surface area contributed by atoms with Crippen LogP contribution in [0.2, 0.25) is 5.02 Å². The highest BCUT2D eigenvalue weighted by atomic mass is 35.5. The zero-order valence-corrected chi connectivity index (χ0v) is 14.7. The average molecular weight is 340 g/mol. The Bertz CT molecular complexity index is 833. The van der Waals surface area contributed by atoms with Gasteiger partial charge >= 0.3 is 0 Å². The number of halogens is 1. The third-order valence-electron chi connectivity index (χ3n) is 4.37. The lowest BCUT2D eigenvalue weighted by molar-refractivity contribution is 0.0994. The highest BCUT2D eigenvalue weighted by molar-refractivity contribution is 6.30. The molecular formula is C21H22ClNO. The van der Waals surface area contributed by atoms with E-state index in [-0.39, 0.29) is 5.78 Å². The van der Waals surface area contributed by atoms with E-state index in [0.29, 0.717) is 11.4 Å². The van der Waals surface area contributed by atoms with Crippen molar-refractivity contribution < 1.29 is 4.79 Å². The Kier molecular flexibility index (Phi) is 5.37. The predicted octanol–water partition coefficient (Wildman–Crippen LogP) is 5.91. The monoisotopic (exact) mass is 339 g/mol. The molecule has 2 aromatic carbocycles. The van der Waals surface area contributed by atoms with Crippen molar-refractivity contribution in [3.8, 4) is 0 Å². The van der Waals surface area contributed by atoms with Crippen LogP contribution >= 0.6 is 11.6 Å². The van der Waals surface area contributed by atoms with Crippen molar-refractivity contribution in [2.24, 2.45) is 0 Å². The molecule has 0 bridgehead atoms. The van der Waals surface area contributed by atoms with E-state index in [4.69, 9.17) is 11.6 Å². The molecule has 0 saturated heterocycles. The largest absolute Gasteiger partial charge is 0.347 e. The fraction of sp³-hybridized carbons (Fsp3) is 0.286. The van der Waals surface area contributed by atoms with E-state index in [2.05, 4.69) is 17.6 Å². The summed E-state index contributed by atoms with van der Waals surface area (Å²) >= 11 is 5.92. The van der Waals surface area contributed by atoms with Gasteiger partial charge < -0.3 is 4.57 Å². The van der Waals surface area contributed by atoms with Crippen molar-refractivity contribution in [3.63, 3.8) is 0 Å². The molecule has 124 valence electrons. The number of hydrogen-bond acceptors (Lipinski definition) is 1. The van der Waals surface area contributed by atoms with E-state index in [0.717, 1.165) is 35.0 Å². The van der Waals surface area contributed by atoms with Crippen molar-refractivity contribution in [3.05, 3.63) is 70.9 Å². The van der Waals surface area contributed by atoms with E-state index >= 15 is 0 Å². The molecule has 0 radical (unpaired) electrons. The number of ketones is 1. The van der Waals surface area contributed by atoms with Gasteiger partial charge in [0.1, 0.15) is 0 Å². The highest BCUT2D eigenvalue weighted by Gasteiger charge is 2.15. The molecule has 1 heterocycles. The molecule has 3 aromatic rings. The van der Waals surface area contributed by atoms with Crippen LogP contribution in [0.1, 0.15) is 42.1 Å². The third-order valence-corrected chi connectivity index (χ3v) is 4.62. The number of fused-ring (bicyclic) bond motifs is 1. The predicted molar refractivity (Wildman–Crippen MR) is 101 cm³/mol. The van der Waals surface area contributed by atoms with Gasteiger partial charge in [0.25, 0.3) is 0 Å². The van der Waals surface area contributed by atoms with Crippen LogP contribution in [0.3, 0.4) is 0 Å². The van der Waals surface area contributed by atoms with Gasteiger partial charge in [0.15, 0.2) is 5.78 Å². The summed E-state index contributed by atoms with van der Waals surface area (Å²) in [7, 11) is 0. The highest BCUT2D eigenvalue weighted by Crippen LogP contribution is 2.24. The molecule has 0 spiro atoms. The molecule has 0 fully saturated rings. The number of rotatable bonds is 7. The molecule has 0 aliphatic rings. The van der Waals surface area contributed by atoms with Crippen LogP contribution in [-0.2, 0) is 13.0 Å². The maximum Gasteiger partial charge on any atom is 0.169 e. The second-order valence-corrected chi connectivity index (χ2v) is 6.62. The first kappa shape index (κ1) is 16.8. The number of para-hydroxylation sites is 1. The second kappa shape index (κ2) is 7.67. The van der Waals surface area contributed by atoms with Crippen molar-refractivity contribution in [2.45, 2.75) is 39.2 Å². The van der Waals surface area contributed by atoms with Gasteiger partial charge in [-0.2, -0.15) is 0 Å². The first-order valence-corrected chi connectivity index (χ1v) is 8.92. The molecular weight excluding hydrogens is 318 g/mol. The lowest BCUT2D eigenvalue weighted by Gasteiger charge is -2.03. The third kappa shape index (κ3) is 3.70. The Balaban J connectivity index is 1.87. The molecule has 3 heteroatoms. The molecule has 0 unspecified atom stereocenters. The van der Waals surface area contributed by atoms with Gasteiger partial charge in [-0.25, -0.2) is 0 Å². The summed E-state index contributed by atoms with van der Waals surface area (Å²) in [5, 5.41) is 1.74. The SMILES string of the molecule is CCCCCn1cc(C(=O)Cc2ccc(Cl)cc2)c2ccccc21. The molecule has 0 amide bonds. The lowest BCUT2D eigenvalue weighted by Crippen LogP contribution is -2.03. The smallest absolute Gasteiger partial charge is 0.169 e. The fourth-order valence-corrected chi connectivity index (χ4v) is 3.19. The standard InChI is InChI=1S/C21H22ClNO/c1-2-3-6-13-23-15-19(18-7-4-5-8-20(18)23)21(24)14-16-9-11-17(22)12-10-16/h4-5,7-12,15H,2-3,6,13-14H2,1H3. The Labute approximate surface area is 148 Å². The summed E-state index contributed by atoms with van der Waals surface area (Å²) < 4.78 is 2.22. The zero-order chi connectivity index (χ0) is 16.9. The summed E-state index contributed by atoms with van der Waals surface area (Å²) in [6.07, 6.45) is 5.97. The van der Waals surface area contributed by atoms with E-state index in [9.17, 15) is 4.79 Å². The van der Waals surface area contributed by atoms with Gasteiger partial charge in [0.05, 0.1) is 0 Å². The maximum absolute atomic E-state index is 12.8. The molecule has 3 rings (SSSR count). The second-order valence-electron chi connectivity index (χ2n) is 6.19. The van der Waals surface area contributed by atoms with E-state index in [1.165, 1.54) is 12.8 Å². The van der Waals surface area contributed by atoms with Crippen LogP contribution < -0.4 is 0 Å². The number of nitrogens with zero attached hydrogens (tertiary/aromatic N) is 1. The quantitative estimate of drug-likeness (QED) is 0.387. The molecule has 0 aliphatic carbocycles. The summed E-state index contributed by atoms with van der Waals surface area (Å²) in [6.45, 7) is 3.16. The van der Waals surface area contributed by atoms with Crippen LogP contribution in [-0.4, -0.2) is 10.4 Å². The summed E-state index contributed by atoms with van der Waals surface area (Å²) in [6, 6.07) is 15.7. The van der Waals surface area contributed by atoms with Crippen molar-refractivity contribution in [1.29, 1.82) is 0 Å². The minimum atomic E-state index is 0.155. The maximum atomic E-state index is 12.8. The van der Waals surface area contributed by atoms with Gasteiger partial charge in [-0.15, -0.1) is 0 Å². The van der Waals surface area contributed by atoms with Crippen LogP contribution in [0.4, 0.5) is 0 Å². The van der Waals surface area contributed by atoms with Crippen molar-refractivity contribution in [1.82, 2.24) is 4.57 Å². The molecule has 0 atom stereocenters. The van der Waals surface area contributed by atoms with Crippen LogP contribution in [0, 0.1) is 0 Å². The molecule has 0 N–H and O–H groups in total. The van der Waals surface area contributed by atoms with Gasteiger partial charge in [0.2, 0.25) is 0 Å². The average Bonchev–Trinajstić information content (AvgIpc) is 2.96. The Morgan fingerprint density at radius 3 is 2.54 bits per heavy atom. The number of Topliss-reactive ketones (excluding diaryl/α,β-unsaturated/α-hetero) is 1. The van der Waals surface area contributed by atoms with E-state index in [1.54, 1.807) is 0 Å². The van der Waals surface area contributed by atoms with Crippen LogP contribution in [0.5, 0.6) is 0 Å². The van der Waals surface area contributed by atoms with E-state index < -0.39 is 0 Å². The fourth-order valence-electron chi connectivity index (χ4n) is 3.07. The molecule has 1 aromatic heterocycles. The first-order valence-electron chi connectivity index (χ1n) is 8.54. The summed E-state index contributed by atoms with van der Waals surface area (Å²) in [5.74, 6) is 0.155. The van der Waals surface area contributed by atoms with Crippen LogP contribution in [0.25, 0.3) is 10.9 Å². The number of aromatic nitrogens is 1. The zero-order valence-electron chi connectivity index (χ0n) is 14.0. The lowest BCUT2D eigenvalue weighted by atomic mass is 10.0. The number of carbonyl (C=O) groups excluding carboxylic acids is 1. The number of benzene rings is 2. The summed E-state index contributed by atoms with van der Waals surface area (Å²) in [4.78, 5) is 12.8.